The number of carboxylic acids is 4. The number of carbonyl (C=O) groups is 4. The summed E-state index contributed by atoms with van der Waals surface area (Å²) in [7, 11) is 0. The van der Waals surface area contributed by atoms with Gasteiger partial charge in [-0.25, -0.2) is 0 Å². The van der Waals surface area contributed by atoms with Gasteiger partial charge in [0, 0.05) is 0 Å². The number of rotatable bonds is 13. The molecule has 0 aromatic heterocycles. The zero-order valence-corrected chi connectivity index (χ0v) is 16.8. The molecule has 0 heterocycles. The van der Waals surface area contributed by atoms with E-state index in [-0.39, 0.29) is 13.2 Å². The van der Waals surface area contributed by atoms with Gasteiger partial charge in [0.2, 0.25) is 0 Å². The van der Waals surface area contributed by atoms with Gasteiger partial charge in [0.1, 0.15) is 24.7 Å². The van der Waals surface area contributed by atoms with Crippen molar-refractivity contribution in [1.82, 2.24) is 0 Å². The number of hydrogen-bond donors (Lipinski definition) is 4. The highest BCUT2D eigenvalue weighted by Gasteiger charge is 2.24. The Morgan fingerprint density at radius 2 is 0.906 bits per heavy atom. The van der Waals surface area contributed by atoms with Gasteiger partial charge in [0.05, 0.1) is 24.7 Å². The Balaban J connectivity index is 1.85. The van der Waals surface area contributed by atoms with E-state index < -0.39 is 48.6 Å². The summed E-state index contributed by atoms with van der Waals surface area (Å²) in [6.07, 6.45) is -1.04. The highest BCUT2D eigenvalue weighted by Crippen LogP contribution is 2.24. The Morgan fingerprint density at radius 3 is 1.16 bits per heavy atom. The maximum absolute atomic E-state index is 11.2. The number of aliphatic carboxylic acids is 4. The smallest absolute Gasteiger partial charge is 0.311 e. The zero-order chi connectivity index (χ0) is 23.7. The van der Waals surface area contributed by atoms with Gasteiger partial charge in [0.25, 0.3) is 0 Å². The van der Waals surface area contributed by atoms with Gasteiger partial charge in [-0.15, -0.1) is 0 Å². The molecule has 0 spiro atoms. The molecule has 10 nitrogen and oxygen atoms in total. The molecule has 4 N–H and O–H groups in total. The first-order chi connectivity index (χ1) is 15.2. The molecule has 10 heteroatoms. The van der Waals surface area contributed by atoms with Crippen LogP contribution in [0.25, 0.3) is 0 Å². The standard InChI is InChI=1S/C22H22O10/c23-19(24)11-17(21(27)28)13-1-5-15(6-2-13)31-9-10-32-16-7-3-14(4-8-16)18(22(29)30)12-20(25)26/h1-8,17-18H,9-12H2,(H,23,24)(H,25,26)(H,27,28)(H,29,30)/t17-,18-/m1/s1. The van der Waals surface area contributed by atoms with E-state index in [2.05, 4.69) is 0 Å². The summed E-state index contributed by atoms with van der Waals surface area (Å²) in [5.41, 5.74) is 0.706. The Labute approximate surface area is 182 Å². The molecule has 0 fully saturated rings. The Hall–Kier alpha value is -4.08. The summed E-state index contributed by atoms with van der Waals surface area (Å²) < 4.78 is 11.0. The van der Waals surface area contributed by atoms with Gasteiger partial charge in [0.15, 0.2) is 0 Å². The molecule has 2 rings (SSSR count). The summed E-state index contributed by atoms with van der Waals surface area (Å²) in [5, 5.41) is 36.0. The van der Waals surface area contributed by atoms with E-state index in [1.54, 1.807) is 0 Å². The number of carboxylic acid groups (broad SMARTS) is 4. The fraction of sp³-hybridized carbons (Fsp3) is 0.273. The van der Waals surface area contributed by atoms with Crippen LogP contribution in [0.4, 0.5) is 0 Å². The molecule has 0 unspecified atom stereocenters. The minimum Gasteiger partial charge on any atom is -0.490 e. The SMILES string of the molecule is O=C(O)C[C@@H](C(=O)O)c1ccc(OCCOc2ccc([C@@H](CC(=O)O)C(=O)O)cc2)cc1. The fourth-order valence-corrected chi connectivity index (χ4v) is 2.96. The first kappa shape index (κ1) is 24.2. The van der Waals surface area contributed by atoms with Crippen LogP contribution in [-0.4, -0.2) is 57.5 Å². The Bertz CT molecular complexity index is 870. The van der Waals surface area contributed by atoms with E-state index in [9.17, 15) is 29.4 Å². The van der Waals surface area contributed by atoms with Crippen molar-refractivity contribution in [2.45, 2.75) is 24.7 Å². The summed E-state index contributed by atoms with van der Waals surface area (Å²) in [5.74, 6) is -6.26. The molecule has 0 aliphatic heterocycles. The quantitative estimate of drug-likeness (QED) is 0.335. The van der Waals surface area contributed by atoms with Crippen LogP contribution in [0.2, 0.25) is 0 Å². The Kier molecular flexibility index (Phi) is 8.58. The van der Waals surface area contributed by atoms with Crippen LogP contribution in [0.3, 0.4) is 0 Å². The molecule has 0 saturated heterocycles. The monoisotopic (exact) mass is 446 g/mol. The van der Waals surface area contributed by atoms with Crippen molar-refractivity contribution in [2.75, 3.05) is 13.2 Å². The van der Waals surface area contributed by atoms with Crippen LogP contribution in [0.15, 0.2) is 48.5 Å². The van der Waals surface area contributed by atoms with E-state index in [1.165, 1.54) is 48.5 Å². The van der Waals surface area contributed by atoms with Crippen LogP contribution >= 0.6 is 0 Å². The molecule has 170 valence electrons. The first-order valence-electron chi connectivity index (χ1n) is 9.52. The van der Waals surface area contributed by atoms with Crippen LogP contribution in [0.5, 0.6) is 11.5 Å². The van der Waals surface area contributed by atoms with Gasteiger partial charge in [-0.3, -0.25) is 19.2 Å². The molecule has 0 radical (unpaired) electrons. The predicted molar refractivity (Wildman–Crippen MR) is 109 cm³/mol. The minimum atomic E-state index is -1.22. The second kappa shape index (κ2) is 11.3. The average molecular weight is 446 g/mol. The highest BCUT2D eigenvalue weighted by molar-refractivity contribution is 5.83. The van der Waals surface area contributed by atoms with Crippen molar-refractivity contribution in [3.8, 4) is 11.5 Å². The molecule has 0 aliphatic carbocycles. The van der Waals surface area contributed by atoms with Gasteiger partial charge in [-0.1, -0.05) is 24.3 Å². The molecule has 32 heavy (non-hydrogen) atoms. The fourth-order valence-electron chi connectivity index (χ4n) is 2.96. The molecule has 2 aromatic rings. The van der Waals surface area contributed by atoms with Crippen LogP contribution < -0.4 is 9.47 Å². The van der Waals surface area contributed by atoms with Crippen molar-refractivity contribution in [1.29, 1.82) is 0 Å². The van der Waals surface area contributed by atoms with E-state index in [4.69, 9.17) is 19.7 Å². The molecule has 0 amide bonds. The molecule has 2 atom stereocenters. The van der Waals surface area contributed by atoms with E-state index in [0.717, 1.165) is 0 Å². The minimum absolute atomic E-state index is 0.162. The van der Waals surface area contributed by atoms with Gasteiger partial charge < -0.3 is 29.9 Å². The number of hydrogen-bond acceptors (Lipinski definition) is 6. The van der Waals surface area contributed by atoms with Crippen molar-refractivity contribution in [3.63, 3.8) is 0 Å². The summed E-state index contributed by atoms with van der Waals surface area (Å²) in [6.45, 7) is 0.324. The number of benzene rings is 2. The molecular formula is C22H22O10. The van der Waals surface area contributed by atoms with E-state index in [1.807, 2.05) is 0 Å². The molecule has 2 aromatic carbocycles. The third-order valence-corrected chi connectivity index (χ3v) is 4.54. The normalized spacial score (nSPS) is 12.4. The van der Waals surface area contributed by atoms with Gasteiger partial charge >= 0.3 is 23.9 Å². The van der Waals surface area contributed by atoms with Crippen LogP contribution in [0, 0.1) is 0 Å². The van der Waals surface area contributed by atoms with E-state index in [0.29, 0.717) is 22.6 Å². The molecule has 0 bridgehead atoms. The predicted octanol–water partition coefficient (Wildman–Crippen LogP) is 2.43. The lowest BCUT2D eigenvalue weighted by Crippen LogP contribution is -2.16. The summed E-state index contributed by atoms with van der Waals surface area (Å²) in [4.78, 5) is 44.1. The maximum Gasteiger partial charge on any atom is 0.311 e. The van der Waals surface area contributed by atoms with Gasteiger partial charge in [-0.2, -0.15) is 0 Å². The van der Waals surface area contributed by atoms with Crippen LogP contribution in [0.1, 0.15) is 35.8 Å². The van der Waals surface area contributed by atoms with Gasteiger partial charge in [-0.05, 0) is 35.4 Å². The van der Waals surface area contributed by atoms with E-state index >= 15 is 0 Å². The van der Waals surface area contributed by atoms with Crippen molar-refractivity contribution in [2.24, 2.45) is 0 Å². The average Bonchev–Trinajstić information content (AvgIpc) is 2.74. The second-order valence-electron chi connectivity index (χ2n) is 6.81. The maximum atomic E-state index is 11.2. The Morgan fingerprint density at radius 1 is 0.594 bits per heavy atom. The topological polar surface area (TPSA) is 168 Å². The van der Waals surface area contributed by atoms with Crippen LogP contribution in [-0.2, 0) is 19.2 Å². The lowest BCUT2D eigenvalue weighted by atomic mass is 9.96. The largest absolute Gasteiger partial charge is 0.490 e. The molecule has 0 aliphatic rings. The molecule has 0 saturated carbocycles. The number of ether oxygens (including phenoxy) is 2. The third kappa shape index (κ3) is 7.31. The van der Waals surface area contributed by atoms with Crippen molar-refractivity contribution in [3.05, 3.63) is 59.7 Å². The second-order valence-corrected chi connectivity index (χ2v) is 6.81. The highest BCUT2D eigenvalue weighted by atomic mass is 16.5. The summed E-state index contributed by atoms with van der Waals surface area (Å²) in [6, 6.07) is 12.1. The lowest BCUT2D eigenvalue weighted by Gasteiger charge is -2.13. The lowest BCUT2D eigenvalue weighted by molar-refractivity contribution is -0.145. The zero-order valence-electron chi connectivity index (χ0n) is 16.8. The van der Waals surface area contributed by atoms with Crippen molar-refractivity contribution < 1.29 is 49.1 Å². The third-order valence-electron chi connectivity index (χ3n) is 4.54. The first-order valence-corrected chi connectivity index (χ1v) is 9.52. The summed E-state index contributed by atoms with van der Waals surface area (Å²) >= 11 is 0. The molecular weight excluding hydrogens is 424 g/mol. The van der Waals surface area contributed by atoms with Crippen molar-refractivity contribution >= 4 is 23.9 Å².